The second-order valence-corrected chi connectivity index (χ2v) is 7.13. The highest BCUT2D eigenvalue weighted by Gasteiger charge is 2.31. The fraction of sp³-hybridized carbons (Fsp3) is 0.273. The summed E-state index contributed by atoms with van der Waals surface area (Å²) in [5.41, 5.74) is 2.45. The highest BCUT2D eigenvalue weighted by molar-refractivity contribution is 6.01. The Kier molecular flexibility index (Phi) is 8.19. The molecule has 0 saturated heterocycles. The lowest BCUT2D eigenvalue weighted by Gasteiger charge is -2.09. The summed E-state index contributed by atoms with van der Waals surface area (Å²) in [4.78, 5) is 8.22. The van der Waals surface area contributed by atoms with Crippen LogP contribution in [-0.2, 0) is 6.54 Å². The van der Waals surface area contributed by atoms with Gasteiger partial charge < -0.3 is 25.2 Å². The molecule has 0 aliphatic rings. The number of hydrogen-bond acceptors (Lipinski definition) is 7. The van der Waals surface area contributed by atoms with Gasteiger partial charge in [0.1, 0.15) is 11.6 Å². The Morgan fingerprint density at radius 2 is 1.91 bits per heavy atom. The van der Waals surface area contributed by atoms with Crippen molar-refractivity contribution in [2.45, 2.75) is 19.8 Å². The molecule has 3 aromatic rings. The molecule has 2 aromatic carbocycles. The predicted octanol–water partition coefficient (Wildman–Crippen LogP) is 3.80. The van der Waals surface area contributed by atoms with Crippen LogP contribution >= 0.6 is 0 Å². The molecular weight excluding hydrogens is 451 g/mol. The molecule has 0 aliphatic heterocycles. The van der Waals surface area contributed by atoms with Crippen molar-refractivity contribution in [2.75, 3.05) is 25.5 Å². The van der Waals surface area contributed by atoms with Crippen LogP contribution in [0.4, 0.5) is 18.9 Å². The van der Waals surface area contributed by atoms with E-state index >= 15 is 0 Å². The molecule has 3 rings (SSSR count). The topological polar surface area (TPSA) is 120 Å². The Hall–Kier alpha value is -3.93. The standard InChI is InChI=1S/C22H24F3N7O2/c1-14(29-13-15-4-3-5-17(12-15)28-11-10-27-2)30-19(26)21-31-20(32-34-21)16-6-8-18(9-7-16)33-22(23,24)25/h3-9,12,27-28H,10-11,13H2,1-2H3,(H2,26,29,30). The number of nitrogens with one attached hydrogen (secondary N) is 4. The van der Waals surface area contributed by atoms with Gasteiger partial charge >= 0.3 is 6.36 Å². The fourth-order valence-corrected chi connectivity index (χ4v) is 2.85. The van der Waals surface area contributed by atoms with E-state index < -0.39 is 6.36 Å². The number of aromatic nitrogens is 2. The molecule has 0 unspecified atom stereocenters. The van der Waals surface area contributed by atoms with Gasteiger partial charge in [0.25, 0.3) is 5.89 Å². The average molecular weight is 475 g/mol. The number of halogens is 3. The molecular formula is C22H24F3N7O2. The van der Waals surface area contributed by atoms with Crippen LogP contribution < -0.4 is 20.7 Å². The minimum absolute atomic E-state index is 0.113. The van der Waals surface area contributed by atoms with Gasteiger partial charge in [-0.1, -0.05) is 17.3 Å². The number of benzene rings is 2. The Bertz CT molecular complexity index is 1130. The molecule has 1 heterocycles. The molecule has 0 spiro atoms. The Morgan fingerprint density at radius 3 is 2.62 bits per heavy atom. The van der Waals surface area contributed by atoms with Gasteiger partial charge in [0.2, 0.25) is 11.7 Å². The van der Waals surface area contributed by atoms with Crippen molar-refractivity contribution in [3.8, 4) is 17.1 Å². The Morgan fingerprint density at radius 1 is 1.15 bits per heavy atom. The van der Waals surface area contributed by atoms with Gasteiger partial charge in [-0.2, -0.15) is 4.98 Å². The first kappa shape index (κ1) is 24.7. The summed E-state index contributed by atoms with van der Waals surface area (Å²) in [5, 5.41) is 21.4. The number of rotatable bonds is 9. The van der Waals surface area contributed by atoms with Gasteiger partial charge in [-0.25, -0.2) is 4.99 Å². The number of hydrogen-bond donors (Lipinski definition) is 4. The first-order valence-electron chi connectivity index (χ1n) is 10.3. The van der Waals surface area contributed by atoms with Crippen LogP contribution in [0.5, 0.6) is 5.75 Å². The van der Waals surface area contributed by atoms with E-state index in [1.165, 1.54) is 12.1 Å². The van der Waals surface area contributed by atoms with Crippen LogP contribution in [0.3, 0.4) is 0 Å². The number of anilines is 1. The van der Waals surface area contributed by atoms with Crippen LogP contribution in [0.2, 0.25) is 0 Å². The summed E-state index contributed by atoms with van der Waals surface area (Å²) in [7, 11) is 1.89. The molecule has 0 saturated carbocycles. The number of amidine groups is 2. The highest BCUT2D eigenvalue weighted by Crippen LogP contribution is 2.25. The van der Waals surface area contributed by atoms with E-state index in [4.69, 9.17) is 9.93 Å². The molecule has 0 amide bonds. The van der Waals surface area contributed by atoms with Crippen LogP contribution in [0, 0.1) is 5.41 Å². The quantitative estimate of drug-likeness (QED) is 0.211. The predicted molar refractivity (Wildman–Crippen MR) is 122 cm³/mol. The van der Waals surface area contributed by atoms with Gasteiger partial charge in [-0.3, -0.25) is 5.41 Å². The van der Waals surface area contributed by atoms with E-state index in [1.807, 2.05) is 31.3 Å². The molecule has 4 N–H and O–H groups in total. The lowest BCUT2D eigenvalue weighted by molar-refractivity contribution is -0.274. The second kappa shape index (κ2) is 11.3. The van der Waals surface area contributed by atoms with Crippen LogP contribution in [-0.4, -0.2) is 48.3 Å². The third kappa shape index (κ3) is 7.59. The maximum absolute atomic E-state index is 12.3. The van der Waals surface area contributed by atoms with Crippen molar-refractivity contribution in [3.05, 3.63) is 60.0 Å². The van der Waals surface area contributed by atoms with Crippen molar-refractivity contribution in [1.29, 1.82) is 5.41 Å². The lowest BCUT2D eigenvalue weighted by Crippen LogP contribution is -2.21. The monoisotopic (exact) mass is 475 g/mol. The SMILES string of the molecule is CNCCNc1cccc(CN/C(C)=N\C(=N)c2nc(-c3ccc(OC(F)(F)F)cc3)no2)c1. The first-order chi connectivity index (χ1) is 16.2. The van der Waals surface area contributed by atoms with E-state index in [2.05, 4.69) is 35.8 Å². The summed E-state index contributed by atoms with van der Waals surface area (Å²) in [6.07, 6.45) is -4.77. The molecule has 180 valence electrons. The minimum Gasteiger partial charge on any atom is -0.406 e. The largest absolute Gasteiger partial charge is 0.573 e. The van der Waals surface area contributed by atoms with Crippen molar-refractivity contribution in [3.63, 3.8) is 0 Å². The smallest absolute Gasteiger partial charge is 0.406 e. The summed E-state index contributed by atoms with van der Waals surface area (Å²) in [5.74, 6) is -0.141. The Labute approximate surface area is 193 Å². The van der Waals surface area contributed by atoms with Crippen LogP contribution in [0.1, 0.15) is 18.4 Å². The van der Waals surface area contributed by atoms with Crippen molar-refractivity contribution in [1.82, 2.24) is 20.8 Å². The summed E-state index contributed by atoms with van der Waals surface area (Å²) in [6.45, 7) is 3.88. The molecule has 0 radical (unpaired) electrons. The van der Waals surface area contributed by atoms with Gasteiger partial charge in [0.05, 0.1) is 0 Å². The molecule has 0 bridgehead atoms. The number of nitrogens with zero attached hydrogens (tertiary/aromatic N) is 3. The average Bonchev–Trinajstić information content (AvgIpc) is 3.28. The van der Waals surface area contributed by atoms with Gasteiger partial charge in [0, 0.05) is 30.9 Å². The molecule has 1 aromatic heterocycles. The molecule has 9 nitrogen and oxygen atoms in total. The zero-order valence-electron chi connectivity index (χ0n) is 18.5. The fourth-order valence-electron chi connectivity index (χ4n) is 2.85. The summed E-state index contributed by atoms with van der Waals surface area (Å²) >= 11 is 0. The zero-order chi connectivity index (χ0) is 24.6. The number of alkyl halides is 3. The number of ether oxygens (including phenoxy) is 1. The molecule has 34 heavy (non-hydrogen) atoms. The second-order valence-electron chi connectivity index (χ2n) is 7.13. The minimum atomic E-state index is -4.77. The maximum Gasteiger partial charge on any atom is 0.573 e. The lowest BCUT2D eigenvalue weighted by atomic mass is 10.2. The van der Waals surface area contributed by atoms with Crippen molar-refractivity contribution >= 4 is 17.4 Å². The van der Waals surface area contributed by atoms with E-state index in [-0.39, 0.29) is 23.3 Å². The molecule has 12 heteroatoms. The zero-order valence-corrected chi connectivity index (χ0v) is 18.5. The van der Waals surface area contributed by atoms with E-state index in [0.29, 0.717) is 17.9 Å². The van der Waals surface area contributed by atoms with Crippen LogP contribution in [0.25, 0.3) is 11.4 Å². The van der Waals surface area contributed by atoms with Crippen LogP contribution in [0.15, 0.2) is 58.0 Å². The van der Waals surface area contributed by atoms with Crippen molar-refractivity contribution in [2.24, 2.45) is 4.99 Å². The molecule has 0 aliphatic carbocycles. The van der Waals surface area contributed by atoms with Crippen molar-refractivity contribution < 1.29 is 22.4 Å². The third-order valence-corrected chi connectivity index (χ3v) is 4.43. The highest BCUT2D eigenvalue weighted by atomic mass is 19.4. The normalized spacial score (nSPS) is 11.9. The van der Waals surface area contributed by atoms with Gasteiger partial charge in [0.15, 0.2) is 0 Å². The third-order valence-electron chi connectivity index (χ3n) is 4.43. The van der Waals surface area contributed by atoms with Gasteiger partial charge in [-0.15, -0.1) is 13.2 Å². The van der Waals surface area contributed by atoms with E-state index in [1.54, 1.807) is 6.92 Å². The molecule has 0 atom stereocenters. The van der Waals surface area contributed by atoms with Gasteiger partial charge in [-0.05, 0) is 55.9 Å². The van der Waals surface area contributed by atoms with E-state index in [0.717, 1.165) is 36.5 Å². The number of aliphatic imine (C=N–C) groups is 1. The Balaban J connectivity index is 1.57. The summed E-state index contributed by atoms with van der Waals surface area (Å²) < 4.78 is 45.7. The number of likely N-dealkylation sites (N-methyl/N-ethyl adjacent to an activating group) is 1. The summed E-state index contributed by atoms with van der Waals surface area (Å²) in [6, 6.07) is 12.9. The molecule has 0 fully saturated rings. The van der Waals surface area contributed by atoms with E-state index in [9.17, 15) is 13.2 Å². The maximum atomic E-state index is 12.3. The first-order valence-corrected chi connectivity index (χ1v) is 10.3.